The number of carbonyl (C=O) groups excluding carboxylic acids is 2. The number of ether oxygens (including phenoxy) is 2. The first-order valence-corrected chi connectivity index (χ1v) is 9.92. The molecule has 0 radical (unpaired) electrons. The molecule has 0 unspecified atom stereocenters. The largest absolute Gasteiger partial charge is 0.453 e. The van der Waals surface area contributed by atoms with Crippen LogP contribution in [0.2, 0.25) is 0 Å². The van der Waals surface area contributed by atoms with Crippen molar-refractivity contribution >= 4 is 11.9 Å². The minimum absolute atomic E-state index is 0.146. The maximum absolute atomic E-state index is 13.3. The number of hydrogen-bond donors (Lipinski definition) is 2. The van der Waals surface area contributed by atoms with Gasteiger partial charge in [-0.25, -0.2) is 4.79 Å². The molecule has 18 heteroatoms. The second-order valence-corrected chi connectivity index (χ2v) is 8.45. The van der Waals surface area contributed by atoms with Crippen LogP contribution in [0.4, 0.5) is 52.7 Å². The van der Waals surface area contributed by atoms with Gasteiger partial charge in [0.1, 0.15) is 5.75 Å². The Hall–Kier alpha value is -2.76. The molecule has 0 fully saturated rings. The maximum atomic E-state index is 13.3. The molecule has 2 N–H and O–H groups in total. The van der Waals surface area contributed by atoms with Crippen LogP contribution >= 0.6 is 0 Å². The van der Waals surface area contributed by atoms with Crippen molar-refractivity contribution in [3.8, 4) is 5.75 Å². The lowest BCUT2D eigenvalue weighted by atomic mass is 9.85. The van der Waals surface area contributed by atoms with E-state index in [1.165, 1.54) is 20.8 Å². The molecule has 0 amide bonds. The van der Waals surface area contributed by atoms with Crippen LogP contribution in [0.5, 0.6) is 5.75 Å². The average Bonchev–Trinajstić information content (AvgIpc) is 2.72. The van der Waals surface area contributed by atoms with Crippen molar-refractivity contribution in [3.05, 3.63) is 29.3 Å². The molecule has 1 aromatic carbocycles. The van der Waals surface area contributed by atoms with Gasteiger partial charge < -0.3 is 19.7 Å². The van der Waals surface area contributed by atoms with Crippen LogP contribution in [0, 0.1) is 5.41 Å². The zero-order valence-electron chi connectivity index (χ0n) is 19.2. The van der Waals surface area contributed by atoms with Gasteiger partial charge in [-0.1, -0.05) is 6.92 Å². The first-order valence-electron chi connectivity index (χ1n) is 9.92. The Morgan fingerprint density at radius 3 is 1.34 bits per heavy atom. The van der Waals surface area contributed by atoms with Crippen LogP contribution < -0.4 is 4.74 Å². The fourth-order valence-electron chi connectivity index (χ4n) is 2.68. The SMILES string of the molecule is CCC(C)(C)C(=O)OCC(=O)Oc1cc(C(O)(C(F)(F)F)C(F)(F)F)cc(C(O)(C(F)(F)F)C(F)(F)F)c1. The Kier molecular flexibility index (Phi) is 8.83. The molecule has 1 rings (SSSR count). The van der Waals surface area contributed by atoms with Crippen molar-refractivity contribution in [1.82, 2.24) is 0 Å². The molecule has 1 aromatic rings. The predicted octanol–water partition coefficient (Wildman–Crippen LogP) is 5.20. The van der Waals surface area contributed by atoms with Gasteiger partial charge in [0, 0.05) is 11.1 Å². The normalized spacial score (nSPS) is 14.3. The van der Waals surface area contributed by atoms with E-state index in [2.05, 4.69) is 9.47 Å². The van der Waals surface area contributed by atoms with E-state index in [-0.39, 0.29) is 6.42 Å². The number of halogens is 12. The molecule has 0 heterocycles. The van der Waals surface area contributed by atoms with Crippen molar-refractivity contribution < 1.29 is 82.0 Å². The van der Waals surface area contributed by atoms with Crippen LogP contribution in [-0.2, 0) is 25.5 Å². The number of esters is 2. The van der Waals surface area contributed by atoms with E-state index < -0.39 is 94.9 Å². The van der Waals surface area contributed by atoms with Gasteiger partial charge in [0.05, 0.1) is 5.41 Å². The van der Waals surface area contributed by atoms with Gasteiger partial charge in [0.15, 0.2) is 6.61 Å². The molecule has 0 saturated heterocycles. The quantitative estimate of drug-likeness (QED) is 0.261. The highest BCUT2D eigenvalue weighted by molar-refractivity contribution is 5.80. The molecule has 38 heavy (non-hydrogen) atoms. The molecule has 0 spiro atoms. The number of alkyl halides is 12. The summed E-state index contributed by atoms with van der Waals surface area (Å²) in [6, 6.07) is -2.08. The molecule has 0 atom stereocenters. The van der Waals surface area contributed by atoms with E-state index in [0.29, 0.717) is 0 Å². The summed E-state index contributed by atoms with van der Waals surface area (Å²) in [4.78, 5) is 23.8. The zero-order chi connectivity index (χ0) is 30.3. The molecule has 0 aromatic heterocycles. The van der Waals surface area contributed by atoms with E-state index in [1.54, 1.807) is 0 Å². The molecule has 0 saturated carbocycles. The van der Waals surface area contributed by atoms with Crippen LogP contribution in [0.15, 0.2) is 18.2 Å². The van der Waals surface area contributed by atoms with Crippen LogP contribution in [0.1, 0.15) is 38.3 Å². The lowest BCUT2D eigenvalue weighted by Crippen LogP contribution is -2.55. The zero-order valence-corrected chi connectivity index (χ0v) is 19.2. The monoisotopic (exact) mass is 582 g/mol. The smallest absolute Gasteiger partial charge is 0.430 e. The second-order valence-electron chi connectivity index (χ2n) is 8.45. The summed E-state index contributed by atoms with van der Waals surface area (Å²) in [7, 11) is 0. The third kappa shape index (κ3) is 6.10. The van der Waals surface area contributed by atoms with Crippen molar-refractivity contribution in [2.75, 3.05) is 6.61 Å². The van der Waals surface area contributed by atoms with E-state index in [9.17, 15) is 72.5 Å². The maximum Gasteiger partial charge on any atom is 0.430 e. The summed E-state index contributed by atoms with van der Waals surface area (Å²) >= 11 is 0. The Morgan fingerprint density at radius 1 is 0.711 bits per heavy atom. The Balaban J connectivity index is 3.82. The summed E-state index contributed by atoms with van der Waals surface area (Å²) < 4.78 is 168. The Bertz CT molecular complexity index is 953. The molecule has 0 aliphatic heterocycles. The molecule has 0 aliphatic carbocycles. The number of aliphatic hydroxyl groups is 2. The summed E-state index contributed by atoms with van der Waals surface area (Å²) in [6.45, 7) is 2.76. The highest BCUT2D eigenvalue weighted by Crippen LogP contribution is 2.54. The fraction of sp³-hybridized carbons (Fsp3) is 0.600. The number of hydrogen-bond acceptors (Lipinski definition) is 6. The van der Waals surface area contributed by atoms with Crippen LogP contribution in [0.25, 0.3) is 0 Å². The van der Waals surface area contributed by atoms with E-state index >= 15 is 0 Å². The van der Waals surface area contributed by atoms with Crippen molar-refractivity contribution in [2.45, 2.75) is 63.1 Å². The third-order valence-electron chi connectivity index (χ3n) is 5.37. The van der Waals surface area contributed by atoms with Gasteiger partial charge in [0.25, 0.3) is 11.2 Å². The first kappa shape index (κ1) is 33.3. The van der Waals surface area contributed by atoms with E-state index in [0.717, 1.165) is 0 Å². The number of carbonyl (C=O) groups is 2. The van der Waals surface area contributed by atoms with Gasteiger partial charge in [0.2, 0.25) is 0 Å². The molecular formula is C20H18F12O6. The Morgan fingerprint density at radius 2 is 1.05 bits per heavy atom. The lowest BCUT2D eigenvalue weighted by Gasteiger charge is -2.36. The van der Waals surface area contributed by atoms with Crippen molar-refractivity contribution in [1.29, 1.82) is 0 Å². The highest BCUT2D eigenvalue weighted by Gasteiger charge is 2.74. The molecule has 6 nitrogen and oxygen atoms in total. The standard InChI is InChI=1S/C20H18F12O6/c1-4-14(2,3)13(34)37-8-12(33)38-11-6-9(15(35,17(21,22)23)18(24,25)26)5-10(7-11)16(36,19(27,28)29)20(30,31)32/h5-7,35-36H,4,8H2,1-3H3. The first-order chi connectivity index (χ1) is 16.7. The summed E-state index contributed by atoms with van der Waals surface area (Å²) in [5.74, 6) is -4.76. The number of rotatable bonds is 7. The van der Waals surface area contributed by atoms with E-state index in [4.69, 9.17) is 0 Å². The van der Waals surface area contributed by atoms with Crippen LogP contribution in [0.3, 0.4) is 0 Å². The summed E-state index contributed by atoms with van der Waals surface area (Å²) in [6.07, 6.45) is -27.0. The molecule has 218 valence electrons. The van der Waals surface area contributed by atoms with Gasteiger partial charge >= 0.3 is 36.6 Å². The second kappa shape index (κ2) is 10.1. The lowest BCUT2D eigenvalue weighted by molar-refractivity contribution is -0.378. The fourth-order valence-corrected chi connectivity index (χ4v) is 2.68. The average molecular weight is 582 g/mol. The third-order valence-corrected chi connectivity index (χ3v) is 5.37. The van der Waals surface area contributed by atoms with Crippen LogP contribution in [-0.4, -0.2) is 53.5 Å². The van der Waals surface area contributed by atoms with Crippen molar-refractivity contribution in [3.63, 3.8) is 0 Å². The minimum atomic E-state index is -6.79. The highest BCUT2D eigenvalue weighted by atomic mass is 19.4. The van der Waals surface area contributed by atoms with E-state index in [1.807, 2.05) is 0 Å². The van der Waals surface area contributed by atoms with Gasteiger partial charge in [-0.15, -0.1) is 0 Å². The number of benzene rings is 1. The summed E-state index contributed by atoms with van der Waals surface area (Å²) in [5.41, 5.74) is -18.8. The van der Waals surface area contributed by atoms with Gasteiger partial charge in [-0.3, -0.25) is 4.79 Å². The molecular weight excluding hydrogens is 564 g/mol. The predicted molar refractivity (Wildman–Crippen MR) is 99.1 cm³/mol. The molecule has 0 aliphatic rings. The van der Waals surface area contributed by atoms with Crippen molar-refractivity contribution in [2.24, 2.45) is 5.41 Å². The Labute approximate surface area is 205 Å². The topological polar surface area (TPSA) is 93.1 Å². The van der Waals surface area contributed by atoms with Gasteiger partial charge in [-0.2, -0.15) is 52.7 Å². The minimum Gasteiger partial charge on any atom is -0.453 e. The molecule has 0 bridgehead atoms. The summed E-state index contributed by atoms with van der Waals surface area (Å²) in [5, 5.41) is 19.0. The van der Waals surface area contributed by atoms with Gasteiger partial charge in [-0.05, 0) is 38.5 Å².